The van der Waals surface area contributed by atoms with Crippen molar-refractivity contribution in [3.63, 3.8) is 0 Å². The molecule has 2 N–H and O–H groups in total. The van der Waals surface area contributed by atoms with E-state index in [-0.39, 0.29) is 12.1 Å². The lowest BCUT2D eigenvalue weighted by Crippen LogP contribution is -2.41. The summed E-state index contributed by atoms with van der Waals surface area (Å²) in [5.74, 6) is 0.712. The molecule has 0 saturated carbocycles. The minimum Gasteiger partial charge on any atom is -0.487 e. The van der Waals surface area contributed by atoms with Crippen LogP contribution in [0.2, 0.25) is 0 Å². The van der Waals surface area contributed by atoms with Gasteiger partial charge in [-0.25, -0.2) is 4.79 Å². The third-order valence-corrected chi connectivity index (χ3v) is 3.60. The summed E-state index contributed by atoms with van der Waals surface area (Å²) in [4.78, 5) is 16.1. The highest BCUT2D eigenvalue weighted by Crippen LogP contribution is 2.16. The highest BCUT2D eigenvalue weighted by Gasteiger charge is 2.15. The van der Waals surface area contributed by atoms with Crippen molar-refractivity contribution in [2.24, 2.45) is 0 Å². The van der Waals surface area contributed by atoms with E-state index in [4.69, 9.17) is 14.2 Å². The maximum absolute atomic E-state index is 11.9. The standard InChI is InChI=1S/C18H21N3O4/c22-18(20-11-17-13-23-9-10-24-17)21-14-4-6-16(7-5-14)25-12-15-3-1-2-8-19-15/h1-8,17H,9-13H2,(H2,20,21,22)/t17-/m1/s1. The van der Waals surface area contributed by atoms with Crippen molar-refractivity contribution in [3.05, 3.63) is 54.4 Å². The summed E-state index contributed by atoms with van der Waals surface area (Å²) in [5.41, 5.74) is 1.54. The molecule has 2 amide bonds. The number of pyridine rings is 1. The Bertz CT molecular complexity index is 658. The molecule has 2 heterocycles. The van der Waals surface area contributed by atoms with Gasteiger partial charge in [0.2, 0.25) is 0 Å². The smallest absolute Gasteiger partial charge is 0.319 e. The molecule has 1 atom stereocenters. The van der Waals surface area contributed by atoms with Crippen molar-refractivity contribution in [3.8, 4) is 5.75 Å². The number of nitrogens with one attached hydrogen (secondary N) is 2. The maximum atomic E-state index is 11.9. The van der Waals surface area contributed by atoms with Crippen LogP contribution < -0.4 is 15.4 Å². The second kappa shape index (κ2) is 9.00. The molecule has 0 radical (unpaired) electrons. The van der Waals surface area contributed by atoms with Crippen molar-refractivity contribution in [1.82, 2.24) is 10.3 Å². The van der Waals surface area contributed by atoms with E-state index >= 15 is 0 Å². The van der Waals surface area contributed by atoms with Crippen LogP contribution in [0, 0.1) is 0 Å². The minimum atomic E-state index is -0.281. The molecule has 0 aliphatic carbocycles. The highest BCUT2D eigenvalue weighted by molar-refractivity contribution is 5.89. The normalized spacial score (nSPS) is 16.9. The van der Waals surface area contributed by atoms with Gasteiger partial charge < -0.3 is 24.8 Å². The molecule has 3 rings (SSSR count). The van der Waals surface area contributed by atoms with Gasteiger partial charge in [0.15, 0.2) is 0 Å². The lowest BCUT2D eigenvalue weighted by atomic mass is 10.3. The van der Waals surface area contributed by atoms with E-state index in [0.717, 1.165) is 5.69 Å². The van der Waals surface area contributed by atoms with Crippen LogP contribution in [0.15, 0.2) is 48.7 Å². The number of carbonyl (C=O) groups is 1. The second-order valence-corrected chi connectivity index (χ2v) is 5.54. The van der Waals surface area contributed by atoms with Crippen molar-refractivity contribution in [1.29, 1.82) is 0 Å². The van der Waals surface area contributed by atoms with E-state index in [1.54, 1.807) is 30.5 Å². The number of urea groups is 1. The van der Waals surface area contributed by atoms with Gasteiger partial charge in [-0.3, -0.25) is 4.98 Å². The predicted octanol–water partition coefficient (Wildman–Crippen LogP) is 2.20. The average molecular weight is 343 g/mol. The number of hydrogen-bond donors (Lipinski definition) is 2. The molecule has 7 nitrogen and oxygen atoms in total. The molecule has 1 aromatic carbocycles. The predicted molar refractivity (Wildman–Crippen MR) is 92.6 cm³/mol. The van der Waals surface area contributed by atoms with Gasteiger partial charge in [-0.15, -0.1) is 0 Å². The topological polar surface area (TPSA) is 81.7 Å². The van der Waals surface area contributed by atoms with E-state index in [0.29, 0.717) is 44.4 Å². The first kappa shape index (κ1) is 17.2. The van der Waals surface area contributed by atoms with Gasteiger partial charge in [-0.05, 0) is 36.4 Å². The number of rotatable bonds is 6. The number of nitrogens with zero attached hydrogens (tertiary/aromatic N) is 1. The van der Waals surface area contributed by atoms with Crippen LogP contribution in [0.5, 0.6) is 5.75 Å². The highest BCUT2D eigenvalue weighted by atomic mass is 16.6. The fourth-order valence-corrected chi connectivity index (χ4v) is 2.31. The zero-order valence-corrected chi connectivity index (χ0v) is 13.8. The number of carbonyl (C=O) groups excluding carboxylic acids is 1. The van der Waals surface area contributed by atoms with E-state index < -0.39 is 0 Å². The first-order chi connectivity index (χ1) is 12.3. The molecule has 7 heteroatoms. The Balaban J connectivity index is 1.41. The summed E-state index contributed by atoms with van der Waals surface area (Å²) in [6.45, 7) is 2.49. The van der Waals surface area contributed by atoms with E-state index in [9.17, 15) is 4.79 Å². The monoisotopic (exact) mass is 343 g/mol. The summed E-state index contributed by atoms with van der Waals surface area (Å²) < 4.78 is 16.4. The van der Waals surface area contributed by atoms with Gasteiger partial charge in [0.1, 0.15) is 12.4 Å². The molecule has 1 fully saturated rings. The molecule has 1 aliphatic rings. The van der Waals surface area contributed by atoms with Gasteiger partial charge in [0.25, 0.3) is 0 Å². The Morgan fingerprint density at radius 3 is 2.80 bits per heavy atom. The van der Waals surface area contributed by atoms with Crippen LogP contribution >= 0.6 is 0 Å². The number of ether oxygens (including phenoxy) is 3. The van der Waals surface area contributed by atoms with Crippen LogP contribution in [-0.2, 0) is 16.1 Å². The fraction of sp³-hybridized carbons (Fsp3) is 0.333. The minimum absolute atomic E-state index is 0.0955. The second-order valence-electron chi connectivity index (χ2n) is 5.54. The first-order valence-electron chi connectivity index (χ1n) is 8.16. The summed E-state index contributed by atoms with van der Waals surface area (Å²) >= 11 is 0. The zero-order valence-electron chi connectivity index (χ0n) is 13.8. The Kier molecular flexibility index (Phi) is 6.19. The molecule has 0 bridgehead atoms. The molecule has 0 unspecified atom stereocenters. The van der Waals surface area contributed by atoms with Gasteiger partial charge in [-0.1, -0.05) is 6.07 Å². The molecule has 1 aromatic heterocycles. The molecular weight excluding hydrogens is 322 g/mol. The number of benzene rings is 1. The molecule has 1 aliphatic heterocycles. The van der Waals surface area contributed by atoms with Crippen molar-refractivity contribution in [2.75, 3.05) is 31.7 Å². The number of anilines is 1. The Morgan fingerprint density at radius 1 is 1.20 bits per heavy atom. The van der Waals surface area contributed by atoms with Crippen LogP contribution in [0.4, 0.5) is 10.5 Å². The lowest BCUT2D eigenvalue weighted by Gasteiger charge is -2.23. The summed E-state index contributed by atoms with van der Waals surface area (Å²) in [6.07, 6.45) is 1.64. The van der Waals surface area contributed by atoms with Gasteiger partial charge in [0.05, 0.1) is 31.6 Å². The third-order valence-electron chi connectivity index (χ3n) is 3.60. The number of aromatic nitrogens is 1. The number of hydrogen-bond acceptors (Lipinski definition) is 5. The van der Waals surface area contributed by atoms with Crippen molar-refractivity contribution >= 4 is 11.7 Å². The largest absolute Gasteiger partial charge is 0.487 e. The quantitative estimate of drug-likeness (QED) is 0.840. The van der Waals surface area contributed by atoms with Gasteiger partial charge >= 0.3 is 6.03 Å². The third kappa shape index (κ3) is 5.74. The molecular formula is C18H21N3O4. The molecule has 25 heavy (non-hydrogen) atoms. The van der Waals surface area contributed by atoms with Gasteiger partial charge in [0, 0.05) is 18.4 Å². The summed E-state index contributed by atoms with van der Waals surface area (Å²) in [7, 11) is 0. The maximum Gasteiger partial charge on any atom is 0.319 e. The van der Waals surface area contributed by atoms with Crippen LogP contribution in [-0.4, -0.2) is 43.5 Å². The van der Waals surface area contributed by atoms with E-state index in [2.05, 4.69) is 15.6 Å². The molecule has 132 valence electrons. The van der Waals surface area contributed by atoms with Crippen LogP contribution in [0.25, 0.3) is 0 Å². The Hall–Kier alpha value is -2.64. The first-order valence-corrected chi connectivity index (χ1v) is 8.16. The molecule has 1 saturated heterocycles. The Morgan fingerprint density at radius 2 is 2.08 bits per heavy atom. The van der Waals surface area contributed by atoms with Crippen LogP contribution in [0.1, 0.15) is 5.69 Å². The fourth-order valence-electron chi connectivity index (χ4n) is 2.31. The van der Waals surface area contributed by atoms with Crippen molar-refractivity contribution < 1.29 is 19.0 Å². The van der Waals surface area contributed by atoms with E-state index in [1.165, 1.54) is 0 Å². The lowest BCUT2D eigenvalue weighted by molar-refractivity contribution is -0.0852. The SMILES string of the molecule is O=C(NC[C@@H]1COCCO1)Nc1ccc(OCc2ccccn2)cc1. The van der Waals surface area contributed by atoms with E-state index in [1.807, 2.05) is 18.2 Å². The summed E-state index contributed by atoms with van der Waals surface area (Å²) in [6, 6.07) is 12.6. The summed E-state index contributed by atoms with van der Waals surface area (Å²) in [5, 5.41) is 5.54. The molecule has 0 spiro atoms. The van der Waals surface area contributed by atoms with Crippen molar-refractivity contribution in [2.45, 2.75) is 12.7 Å². The number of amides is 2. The van der Waals surface area contributed by atoms with Gasteiger partial charge in [-0.2, -0.15) is 0 Å². The average Bonchev–Trinajstić information content (AvgIpc) is 2.67. The molecule has 2 aromatic rings. The Labute approximate surface area is 146 Å². The van der Waals surface area contributed by atoms with Crippen LogP contribution in [0.3, 0.4) is 0 Å². The zero-order chi connectivity index (χ0) is 17.3.